The first kappa shape index (κ1) is 19.6. The Kier molecular flexibility index (Phi) is 8.22. The molecule has 0 bridgehead atoms. The Morgan fingerprint density at radius 1 is 1.09 bits per heavy atom. The van der Waals surface area contributed by atoms with Crippen LogP contribution in [-0.4, -0.2) is 61.7 Å². The summed E-state index contributed by atoms with van der Waals surface area (Å²) in [4.78, 5) is 0. The first-order valence-electron chi connectivity index (χ1n) is 7.73. The number of aliphatic hydroxyl groups excluding tert-OH is 6. The Bertz CT molecular complexity index is 502. The zero-order valence-electron chi connectivity index (χ0n) is 13.2. The zero-order chi connectivity index (χ0) is 17.4. The van der Waals surface area contributed by atoms with Gasteiger partial charge in [-0.25, -0.2) is 0 Å². The molecule has 0 saturated carbocycles. The summed E-state index contributed by atoms with van der Waals surface area (Å²) in [7, 11) is 0. The Morgan fingerprint density at radius 3 is 2.35 bits per heavy atom. The number of unbranched alkanes of at least 4 members (excludes halogenated alkanes) is 1. The fraction of sp³-hybridized carbons (Fsp3) is 0.529. The van der Waals surface area contributed by atoms with Gasteiger partial charge in [0, 0.05) is 0 Å². The second-order valence-corrected chi connectivity index (χ2v) is 5.55. The molecule has 6 N–H and O–H groups in total. The van der Waals surface area contributed by atoms with Gasteiger partial charge in [0.15, 0.2) is 0 Å². The molecule has 0 spiro atoms. The molecular weight excluding hydrogens is 300 g/mol. The van der Waals surface area contributed by atoms with Gasteiger partial charge in [-0.05, 0) is 30.0 Å². The summed E-state index contributed by atoms with van der Waals surface area (Å²) >= 11 is 0. The third kappa shape index (κ3) is 5.60. The molecule has 0 fully saturated rings. The summed E-state index contributed by atoms with van der Waals surface area (Å²) in [6, 6.07) is 7.37. The maximum Gasteiger partial charge on any atom is 0.139 e. The molecule has 1 aromatic rings. The first-order valence-corrected chi connectivity index (χ1v) is 7.73. The van der Waals surface area contributed by atoms with Crippen LogP contribution in [0.4, 0.5) is 0 Å². The highest BCUT2D eigenvalue weighted by Gasteiger charge is 2.32. The molecular formula is C17H26O6. The topological polar surface area (TPSA) is 121 Å². The van der Waals surface area contributed by atoms with Gasteiger partial charge in [-0.2, -0.15) is 0 Å². The lowest BCUT2D eigenvalue weighted by atomic mass is 9.98. The van der Waals surface area contributed by atoms with Crippen LogP contribution in [0.25, 0.3) is 6.08 Å². The van der Waals surface area contributed by atoms with Crippen molar-refractivity contribution in [2.75, 3.05) is 6.61 Å². The summed E-state index contributed by atoms with van der Waals surface area (Å²) in [5, 5.41) is 57.3. The Morgan fingerprint density at radius 2 is 1.74 bits per heavy atom. The first-order chi connectivity index (χ1) is 10.9. The number of hydrogen-bond acceptors (Lipinski definition) is 6. The fourth-order valence-electron chi connectivity index (χ4n) is 2.21. The van der Waals surface area contributed by atoms with Gasteiger partial charge in [0.1, 0.15) is 30.2 Å². The molecule has 0 amide bonds. The van der Waals surface area contributed by atoms with Gasteiger partial charge in [-0.1, -0.05) is 37.6 Å². The van der Waals surface area contributed by atoms with Crippen molar-refractivity contribution in [2.45, 2.75) is 50.6 Å². The minimum Gasteiger partial charge on any atom is -0.509 e. The predicted octanol–water partition coefficient (Wildman–Crippen LogP) is 0.364. The average molecular weight is 326 g/mol. The van der Waals surface area contributed by atoms with Crippen molar-refractivity contribution in [2.24, 2.45) is 0 Å². The van der Waals surface area contributed by atoms with E-state index in [2.05, 4.69) is 6.92 Å². The van der Waals surface area contributed by atoms with Crippen LogP contribution in [0.3, 0.4) is 0 Å². The molecule has 0 aliphatic carbocycles. The molecule has 6 nitrogen and oxygen atoms in total. The van der Waals surface area contributed by atoms with Crippen molar-refractivity contribution in [3.05, 3.63) is 41.2 Å². The molecule has 0 heterocycles. The van der Waals surface area contributed by atoms with E-state index in [9.17, 15) is 25.5 Å². The lowest BCUT2D eigenvalue weighted by Gasteiger charge is -2.25. The number of aryl methyl sites for hydroxylation is 1. The highest BCUT2D eigenvalue weighted by molar-refractivity contribution is 5.56. The molecule has 0 saturated heterocycles. The summed E-state index contributed by atoms with van der Waals surface area (Å²) in [5.74, 6) is -0.523. The molecule has 1 rings (SSSR count). The molecule has 0 aliphatic heterocycles. The zero-order valence-corrected chi connectivity index (χ0v) is 13.2. The molecule has 1 aromatic carbocycles. The maximum atomic E-state index is 9.99. The molecule has 4 atom stereocenters. The van der Waals surface area contributed by atoms with Crippen molar-refractivity contribution >= 4 is 6.08 Å². The van der Waals surface area contributed by atoms with E-state index in [4.69, 9.17) is 5.11 Å². The summed E-state index contributed by atoms with van der Waals surface area (Å²) in [6.07, 6.45) is -2.82. The van der Waals surface area contributed by atoms with Crippen LogP contribution in [-0.2, 0) is 6.42 Å². The SMILES string of the molecule is CCCCc1ccccc1C=C(O)[C@H](O)[C@@H](O)[C@H](O)[C@H](O)CO. The van der Waals surface area contributed by atoms with Gasteiger partial charge < -0.3 is 30.6 Å². The van der Waals surface area contributed by atoms with Gasteiger partial charge >= 0.3 is 0 Å². The van der Waals surface area contributed by atoms with Gasteiger partial charge in [-0.15, -0.1) is 0 Å². The quantitative estimate of drug-likeness (QED) is 0.365. The van der Waals surface area contributed by atoms with Crippen LogP contribution < -0.4 is 0 Å². The molecule has 0 radical (unpaired) electrons. The van der Waals surface area contributed by atoms with E-state index in [1.165, 1.54) is 6.08 Å². The average Bonchev–Trinajstić information content (AvgIpc) is 2.58. The van der Waals surface area contributed by atoms with Crippen molar-refractivity contribution in [1.82, 2.24) is 0 Å². The van der Waals surface area contributed by atoms with Gasteiger partial charge in [-0.3, -0.25) is 0 Å². The van der Waals surface area contributed by atoms with Crippen molar-refractivity contribution < 1.29 is 30.6 Å². The third-order valence-electron chi connectivity index (χ3n) is 3.72. The monoisotopic (exact) mass is 326 g/mol. The van der Waals surface area contributed by atoms with E-state index in [1.807, 2.05) is 12.1 Å². The van der Waals surface area contributed by atoms with E-state index in [1.54, 1.807) is 12.1 Å². The number of rotatable bonds is 9. The predicted molar refractivity (Wildman–Crippen MR) is 86.8 cm³/mol. The summed E-state index contributed by atoms with van der Waals surface area (Å²) < 4.78 is 0. The molecule has 130 valence electrons. The van der Waals surface area contributed by atoms with E-state index in [0.717, 1.165) is 24.8 Å². The van der Waals surface area contributed by atoms with Gasteiger partial charge in [0.05, 0.1) is 6.61 Å². The Hall–Kier alpha value is -1.44. The van der Waals surface area contributed by atoms with Crippen LogP contribution in [0, 0.1) is 0 Å². The molecule has 0 aliphatic rings. The molecule has 0 unspecified atom stereocenters. The van der Waals surface area contributed by atoms with Crippen LogP contribution >= 0.6 is 0 Å². The highest BCUT2D eigenvalue weighted by Crippen LogP contribution is 2.18. The van der Waals surface area contributed by atoms with Crippen LogP contribution in [0.5, 0.6) is 0 Å². The summed E-state index contributed by atoms with van der Waals surface area (Å²) in [5.41, 5.74) is 1.71. The second kappa shape index (κ2) is 9.64. The largest absolute Gasteiger partial charge is 0.509 e. The maximum absolute atomic E-state index is 9.99. The number of hydrogen-bond donors (Lipinski definition) is 6. The Balaban J connectivity index is 2.91. The van der Waals surface area contributed by atoms with Gasteiger partial charge in [0.25, 0.3) is 0 Å². The number of benzene rings is 1. The van der Waals surface area contributed by atoms with E-state index >= 15 is 0 Å². The third-order valence-corrected chi connectivity index (χ3v) is 3.72. The van der Waals surface area contributed by atoms with Crippen LogP contribution in [0.1, 0.15) is 30.9 Å². The van der Waals surface area contributed by atoms with Crippen LogP contribution in [0.15, 0.2) is 30.0 Å². The normalized spacial score (nSPS) is 17.6. The number of aliphatic hydroxyl groups is 6. The minimum absolute atomic E-state index is 0.523. The van der Waals surface area contributed by atoms with Crippen molar-refractivity contribution in [1.29, 1.82) is 0 Å². The second-order valence-electron chi connectivity index (χ2n) is 5.55. The van der Waals surface area contributed by atoms with E-state index < -0.39 is 36.8 Å². The lowest BCUT2D eigenvalue weighted by Crippen LogP contribution is -2.46. The smallest absolute Gasteiger partial charge is 0.139 e. The molecule has 23 heavy (non-hydrogen) atoms. The van der Waals surface area contributed by atoms with Gasteiger partial charge in [0.2, 0.25) is 0 Å². The standard InChI is InChI=1S/C17H26O6/c1-2-3-6-11-7-4-5-8-12(11)9-13(19)15(21)17(23)16(22)14(20)10-18/h4-5,7-9,14-23H,2-3,6,10H2,1H3/t14-,15+,16-,17-/m1/s1. The Labute approximate surface area is 136 Å². The van der Waals surface area contributed by atoms with Crippen molar-refractivity contribution in [3.63, 3.8) is 0 Å². The fourth-order valence-corrected chi connectivity index (χ4v) is 2.21. The van der Waals surface area contributed by atoms with E-state index in [-0.39, 0.29) is 0 Å². The van der Waals surface area contributed by atoms with Crippen LogP contribution in [0.2, 0.25) is 0 Å². The van der Waals surface area contributed by atoms with E-state index in [0.29, 0.717) is 5.56 Å². The molecule has 0 aromatic heterocycles. The molecule has 6 heteroatoms. The lowest BCUT2D eigenvalue weighted by molar-refractivity contribution is -0.112. The minimum atomic E-state index is -1.82. The summed E-state index contributed by atoms with van der Waals surface area (Å²) in [6.45, 7) is 1.30. The highest BCUT2D eigenvalue weighted by atomic mass is 16.4. The van der Waals surface area contributed by atoms with Crippen molar-refractivity contribution in [3.8, 4) is 0 Å².